The summed E-state index contributed by atoms with van der Waals surface area (Å²) in [7, 11) is -1.12. The second-order valence-electron chi connectivity index (χ2n) is 4.34. The molecular weight excluding hydrogens is 346 g/mol. The van der Waals surface area contributed by atoms with Crippen LogP contribution in [0.25, 0.3) is 0 Å². The quantitative estimate of drug-likeness (QED) is 0.480. The van der Waals surface area contributed by atoms with Gasteiger partial charge in [0.05, 0.1) is 16.7 Å². The van der Waals surface area contributed by atoms with Crippen LogP contribution in [0.3, 0.4) is 0 Å². The Labute approximate surface area is 120 Å². The number of rotatable bonds is 2. The van der Waals surface area contributed by atoms with Gasteiger partial charge in [-0.25, -0.2) is 0 Å². The highest BCUT2D eigenvalue weighted by molar-refractivity contribution is 7.52. The maximum absolute atomic E-state index is 12.9. The number of alkyl halides is 9. The second-order valence-corrected chi connectivity index (χ2v) is 5.95. The predicted molar refractivity (Wildman–Crippen MR) is 64.2 cm³/mol. The van der Waals surface area contributed by atoms with E-state index in [1.165, 1.54) is 6.92 Å². The molecule has 0 aliphatic carbocycles. The lowest BCUT2D eigenvalue weighted by Crippen LogP contribution is -2.26. The van der Waals surface area contributed by atoms with Crippen molar-refractivity contribution in [2.24, 2.45) is 0 Å². The lowest BCUT2D eigenvalue weighted by Gasteiger charge is -2.21. The smallest absolute Gasteiger partial charge is 0.166 e. The summed E-state index contributed by atoms with van der Waals surface area (Å²) < 4.78 is 115. The van der Waals surface area contributed by atoms with Crippen LogP contribution in [0.1, 0.15) is 23.6 Å². The van der Waals surface area contributed by atoms with Crippen molar-refractivity contribution in [3.05, 3.63) is 40.7 Å². The minimum absolute atomic E-state index is 0.0178. The van der Waals surface area contributed by atoms with Crippen molar-refractivity contribution in [3.63, 3.8) is 0 Å². The molecule has 0 fully saturated rings. The van der Waals surface area contributed by atoms with Crippen LogP contribution in [-0.2, 0) is 18.5 Å². The summed E-state index contributed by atoms with van der Waals surface area (Å²) in [5.41, 5.74) is -5.89. The molecule has 1 atom stereocenters. The van der Waals surface area contributed by atoms with E-state index in [0.29, 0.717) is 0 Å². The normalized spacial score (nSPS) is 13.9. The Morgan fingerprint density at radius 3 is 1.41 bits per heavy atom. The lowest BCUT2D eigenvalue weighted by molar-refractivity contribution is -0.147. The predicted octanol–water partition coefficient (Wildman–Crippen LogP) is 5.58. The van der Waals surface area contributed by atoms with Gasteiger partial charge >= 0.3 is 18.5 Å². The second kappa shape index (κ2) is 5.76. The summed E-state index contributed by atoms with van der Waals surface area (Å²) in [5, 5.41) is -1.25. The molecule has 0 spiro atoms. The van der Waals surface area contributed by atoms with E-state index in [1.54, 1.807) is 0 Å². The highest BCUT2D eigenvalue weighted by Gasteiger charge is 2.44. The van der Waals surface area contributed by atoms with E-state index < -0.39 is 49.1 Å². The van der Waals surface area contributed by atoms with Crippen molar-refractivity contribution in [2.75, 3.05) is 0 Å². The number of benzene rings is 1. The molecule has 22 heavy (non-hydrogen) atoms. The molecule has 0 aliphatic heterocycles. The van der Waals surface area contributed by atoms with Crippen LogP contribution in [0.2, 0.25) is 0 Å². The van der Waals surface area contributed by atoms with E-state index in [9.17, 15) is 39.5 Å². The van der Waals surface area contributed by atoms with E-state index in [1.807, 2.05) is 0 Å². The fourth-order valence-electron chi connectivity index (χ4n) is 1.60. The maximum atomic E-state index is 12.9. The van der Waals surface area contributed by atoms with Crippen molar-refractivity contribution in [1.82, 2.24) is 0 Å². The Balaban J connectivity index is 3.81. The molecule has 1 aromatic carbocycles. The molecule has 124 valence electrons. The van der Waals surface area contributed by atoms with Crippen molar-refractivity contribution in [1.29, 1.82) is 0 Å². The zero-order chi connectivity index (χ0) is 17.5. The first-order valence-electron chi connectivity index (χ1n) is 5.46. The van der Waals surface area contributed by atoms with E-state index >= 15 is 0 Å². The fraction of sp³-hybridized carbons (Fsp3) is 0.333. The first-order chi connectivity index (χ1) is 9.64. The summed E-state index contributed by atoms with van der Waals surface area (Å²) in [5.74, 6) is 0. The Bertz CT molecular complexity index is 543. The van der Waals surface area contributed by atoms with Gasteiger partial charge in [-0.2, -0.15) is 39.5 Å². The average molecular weight is 354 g/mol. The van der Waals surface area contributed by atoms with Crippen LogP contribution in [0.15, 0.2) is 24.0 Å². The molecule has 0 radical (unpaired) electrons. The summed E-state index contributed by atoms with van der Waals surface area (Å²) in [6, 6.07) is -0.610. The molecule has 0 bridgehead atoms. The summed E-state index contributed by atoms with van der Waals surface area (Å²) in [6.07, 6.45) is -16.0. The molecule has 0 saturated carbocycles. The van der Waals surface area contributed by atoms with Crippen LogP contribution in [0, 0.1) is 0 Å². The summed E-state index contributed by atoms with van der Waals surface area (Å²) >= 11 is 0. The molecule has 0 heterocycles. The Hall–Kier alpha value is -1.24. The van der Waals surface area contributed by atoms with Crippen molar-refractivity contribution in [3.8, 4) is 0 Å². The number of halogens is 9. The largest absolute Gasteiger partial charge is 0.417 e. The van der Waals surface area contributed by atoms with Crippen molar-refractivity contribution < 1.29 is 39.5 Å². The molecular formula is C12H8F9P. The third kappa shape index (κ3) is 4.38. The molecule has 0 aromatic heterocycles. The van der Waals surface area contributed by atoms with Crippen molar-refractivity contribution >= 4 is 13.9 Å². The van der Waals surface area contributed by atoms with Gasteiger partial charge in [-0.15, -0.1) is 0 Å². The van der Waals surface area contributed by atoms with Gasteiger partial charge in [-0.05, 0) is 19.1 Å². The molecule has 1 aromatic rings. The van der Waals surface area contributed by atoms with Gasteiger partial charge in [-0.1, -0.05) is 20.5 Å². The van der Waals surface area contributed by atoms with Gasteiger partial charge in [-0.3, -0.25) is 0 Å². The van der Waals surface area contributed by atoms with E-state index in [0.717, 1.165) is 0 Å². The van der Waals surface area contributed by atoms with Gasteiger partial charge in [0.15, 0.2) is 0 Å². The maximum Gasteiger partial charge on any atom is 0.417 e. The van der Waals surface area contributed by atoms with E-state index in [4.69, 9.17) is 0 Å². The Kier molecular flexibility index (Phi) is 4.92. The van der Waals surface area contributed by atoms with Crippen LogP contribution >= 0.6 is 8.58 Å². The molecule has 0 saturated heterocycles. The topological polar surface area (TPSA) is 0 Å². The SMILES string of the molecule is C=C(C)Pc1c(C(F)(F)F)cc(C(F)(F)F)cc1C(F)(F)F. The van der Waals surface area contributed by atoms with E-state index in [2.05, 4.69) is 6.58 Å². The molecule has 1 unspecified atom stereocenters. The summed E-state index contributed by atoms with van der Waals surface area (Å²) in [4.78, 5) is 0. The monoisotopic (exact) mass is 354 g/mol. The van der Waals surface area contributed by atoms with E-state index in [-0.39, 0.29) is 17.4 Å². The number of hydrogen-bond acceptors (Lipinski definition) is 0. The van der Waals surface area contributed by atoms with Crippen molar-refractivity contribution in [2.45, 2.75) is 25.5 Å². The highest BCUT2D eigenvalue weighted by Crippen LogP contribution is 2.42. The van der Waals surface area contributed by atoms with Crippen LogP contribution < -0.4 is 5.30 Å². The zero-order valence-corrected chi connectivity index (χ0v) is 11.8. The zero-order valence-electron chi connectivity index (χ0n) is 10.8. The van der Waals surface area contributed by atoms with Gasteiger partial charge in [0, 0.05) is 5.30 Å². The Morgan fingerprint density at radius 2 is 1.18 bits per heavy atom. The number of allylic oxidation sites excluding steroid dienone is 1. The highest BCUT2D eigenvalue weighted by atomic mass is 31.1. The first-order valence-corrected chi connectivity index (χ1v) is 6.46. The standard InChI is InChI=1S/C12H8F9P/c1-5(2)22-9-7(11(16,17)18)3-6(10(13,14)15)4-8(9)12(19,20)21/h3-4,22H,1H2,2H3. The lowest BCUT2D eigenvalue weighted by atomic mass is 10.0. The molecule has 0 N–H and O–H groups in total. The van der Waals surface area contributed by atoms with Crippen LogP contribution in [-0.4, -0.2) is 0 Å². The van der Waals surface area contributed by atoms with Gasteiger partial charge in [0.25, 0.3) is 0 Å². The molecule has 10 heteroatoms. The molecule has 1 rings (SSSR count). The minimum Gasteiger partial charge on any atom is -0.166 e. The third-order valence-corrected chi connectivity index (χ3v) is 3.63. The third-order valence-electron chi connectivity index (χ3n) is 2.41. The van der Waals surface area contributed by atoms with Gasteiger partial charge in [0.1, 0.15) is 0 Å². The minimum atomic E-state index is -5.35. The molecule has 0 amide bonds. The number of hydrogen-bond donors (Lipinski definition) is 0. The van der Waals surface area contributed by atoms with Gasteiger partial charge in [0.2, 0.25) is 0 Å². The average Bonchev–Trinajstić information content (AvgIpc) is 2.23. The molecule has 0 aliphatic rings. The summed E-state index contributed by atoms with van der Waals surface area (Å²) in [6.45, 7) is 4.41. The first kappa shape index (κ1) is 18.8. The van der Waals surface area contributed by atoms with Gasteiger partial charge < -0.3 is 0 Å². The Morgan fingerprint density at radius 1 is 0.818 bits per heavy atom. The fourth-order valence-corrected chi connectivity index (χ4v) is 2.72. The molecule has 0 nitrogen and oxygen atoms in total. The van der Waals surface area contributed by atoms with Crippen LogP contribution in [0.5, 0.6) is 0 Å². The van der Waals surface area contributed by atoms with Crippen LogP contribution in [0.4, 0.5) is 39.5 Å².